The van der Waals surface area contributed by atoms with Gasteiger partial charge in [0.15, 0.2) is 0 Å². The Morgan fingerprint density at radius 2 is 1.95 bits per heavy atom. The highest BCUT2D eigenvalue weighted by Gasteiger charge is 2.34. The number of anilines is 1. The fourth-order valence-electron chi connectivity index (χ4n) is 2.69. The molecule has 1 heterocycles. The predicted molar refractivity (Wildman–Crippen MR) is 79.2 cm³/mol. The molecule has 0 saturated carbocycles. The van der Waals surface area contributed by atoms with Crippen LogP contribution in [-0.4, -0.2) is 12.5 Å². The molecule has 1 aromatic carbocycles. The van der Waals surface area contributed by atoms with Gasteiger partial charge < -0.3 is 10.6 Å². The molecule has 3 nitrogen and oxygen atoms in total. The summed E-state index contributed by atoms with van der Waals surface area (Å²) in [7, 11) is 0. The summed E-state index contributed by atoms with van der Waals surface area (Å²) in [5, 5.41) is 0. The fourth-order valence-corrected chi connectivity index (χ4v) is 2.69. The van der Waals surface area contributed by atoms with Gasteiger partial charge in [-0.1, -0.05) is 50.3 Å². The molecule has 1 atom stereocenters. The molecule has 1 unspecified atom stereocenters. The molecule has 104 valence electrons. The molecule has 0 saturated heterocycles. The second-order valence-electron chi connectivity index (χ2n) is 5.44. The van der Waals surface area contributed by atoms with Crippen LogP contribution in [0.1, 0.15) is 56.2 Å². The summed E-state index contributed by atoms with van der Waals surface area (Å²) in [6, 6.07) is 5.65. The van der Waals surface area contributed by atoms with E-state index in [1.165, 1.54) is 25.7 Å². The molecule has 0 bridgehead atoms. The average Bonchev–Trinajstić information content (AvgIpc) is 2.63. The van der Waals surface area contributed by atoms with Gasteiger partial charge in [0.2, 0.25) is 5.91 Å². The normalized spacial score (nSPS) is 17.9. The third-order valence-electron chi connectivity index (χ3n) is 3.83. The first kappa shape index (κ1) is 14.1. The van der Waals surface area contributed by atoms with Gasteiger partial charge in [0, 0.05) is 17.8 Å². The number of aryl methyl sites for hydroxylation is 1. The smallest absolute Gasteiger partial charge is 0.248 e. The van der Waals surface area contributed by atoms with Gasteiger partial charge in [-0.05, 0) is 19.4 Å². The van der Waals surface area contributed by atoms with Crippen molar-refractivity contribution in [2.45, 2.75) is 52.0 Å². The van der Waals surface area contributed by atoms with E-state index < -0.39 is 6.04 Å². The number of unbranched alkanes of at least 4 members (excludes halogenated alkanes) is 4. The fraction of sp³-hybridized carbons (Fsp3) is 0.562. The number of hydrogen-bond acceptors (Lipinski definition) is 2. The van der Waals surface area contributed by atoms with Crippen molar-refractivity contribution in [2.75, 3.05) is 11.4 Å². The van der Waals surface area contributed by atoms with E-state index in [9.17, 15) is 4.79 Å². The average molecular weight is 260 g/mol. The van der Waals surface area contributed by atoms with Crippen LogP contribution < -0.4 is 10.6 Å². The summed E-state index contributed by atoms with van der Waals surface area (Å²) in [6.45, 7) is 5.04. The SMILES string of the molecule is CCCCCCCN1C(=O)C(N)c2cc(C)ccc21. The number of nitrogens with two attached hydrogens (primary N) is 1. The number of carbonyl (C=O) groups is 1. The van der Waals surface area contributed by atoms with Crippen LogP contribution in [0.25, 0.3) is 0 Å². The van der Waals surface area contributed by atoms with Crippen LogP contribution in [0.3, 0.4) is 0 Å². The van der Waals surface area contributed by atoms with Crippen molar-refractivity contribution >= 4 is 11.6 Å². The van der Waals surface area contributed by atoms with E-state index >= 15 is 0 Å². The highest BCUT2D eigenvalue weighted by molar-refractivity contribution is 6.04. The summed E-state index contributed by atoms with van der Waals surface area (Å²) >= 11 is 0. The Kier molecular flexibility index (Phi) is 4.59. The molecular formula is C16H24N2O. The molecule has 0 radical (unpaired) electrons. The zero-order valence-corrected chi connectivity index (χ0v) is 12.0. The van der Waals surface area contributed by atoms with E-state index in [4.69, 9.17) is 5.73 Å². The predicted octanol–water partition coefficient (Wildman–Crippen LogP) is 3.31. The van der Waals surface area contributed by atoms with Gasteiger partial charge in [-0.3, -0.25) is 4.79 Å². The molecule has 2 N–H and O–H groups in total. The zero-order valence-electron chi connectivity index (χ0n) is 12.0. The maximum absolute atomic E-state index is 12.2. The van der Waals surface area contributed by atoms with Gasteiger partial charge in [0.25, 0.3) is 0 Å². The van der Waals surface area contributed by atoms with E-state index in [1.54, 1.807) is 0 Å². The molecule has 0 aliphatic carbocycles. The van der Waals surface area contributed by atoms with Gasteiger partial charge in [-0.15, -0.1) is 0 Å². The van der Waals surface area contributed by atoms with E-state index in [2.05, 4.69) is 6.92 Å². The minimum atomic E-state index is -0.467. The lowest BCUT2D eigenvalue weighted by molar-refractivity contribution is -0.119. The van der Waals surface area contributed by atoms with Crippen LogP contribution >= 0.6 is 0 Å². The maximum atomic E-state index is 12.2. The zero-order chi connectivity index (χ0) is 13.8. The van der Waals surface area contributed by atoms with E-state index in [0.717, 1.165) is 29.8 Å². The third-order valence-corrected chi connectivity index (χ3v) is 3.83. The van der Waals surface area contributed by atoms with Crippen molar-refractivity contribution < 1.29 is 4.79 Å². The van der Waals surface area contributed by atoms with Crippen LogP contribution in [-0.2, 0) is 4.79 Å². The van der Waals surface area contributed by atoms with Crippen LogP contribution in [0.5, 0.6) is 0 Å². The Bertz CT molecular complexity index is 456. The second kappa shape index (κ2) is 6.20. The first-order valence-corrected chi connectivity index (χ1v) is 7.32. The Hall–Kier alpha value is -1.35. The minimum absolute atomic E-state index is 0.0519. The number of nitrogens with zero attached hydrogens (tertiary/aromatic N) is 1. The Balaban J connectivity index is 2.00. The minimum Gasteiger partial charge on any atom is -0.316 e. The summed E-state index contributed by atoms with van der Waals surface area (Å²) in [4.78, 5) is 14.1. The third kappa shape index (κ3) is 2.98. The number of hydrogen-bond donors (Lipinski definition) is 1. The van der Waals surface area contributed by atoms with Crippen LogP contribution in [0.4, 0.5) is 5.69 Å². The van der Waals surface area contributed by atoms with Crippen molar-refractivity contribution in [3.63, 3.8) is 0 Å². The van der Waals surface area contributed by atoms with Crippen LogP contribution in [0, 0.1) is 6.92 Å². The number of fused-ring (bicyclic) bond motifs is 1. The Labute approximate surface area is 115 Å². The Morgan fingerprint density at radius 3 is 2.68 bits per heavy atom. The molecule has 0 spiro atoms. The highest BCUT2D eigenvalue weighted by Crippen LogP contribution is 2.35. The molecular weight excluding hydrogens is 236 g/mol. The standard InChI is InChI=1S/C16H24N2O/c1-3-4-5-6-7-10-18-14-9-8-12(2)11-13(14)15(17)16(18)19/h8-9,11,15H,3-7,10,17H2,1-2H3. The second-order valence-corrected chi connectivity index (χ2v) is 5.44. The quantitative estimate of drug-likeness (QED) is 0.798. The monoisotopic (exact) mass is 260 g/mol. The number of rotatable bonds is 6. The van der Waals surface area contributed by atoms with Gasteiger partial charge in [-0.25, -0.2) is 0 Å². The summed E-state index contributed by atoms with van der Waals surface area (Å²) < 4.78 is 0. The lowest BCUT2D eigenvalue weighted by Crippen LogP contribution is -2.32. The molecule has 0 fully saturated rings. The summed E-state index contributed by atoms with van der Waals surface area (Å²) in [5.74, 6) is 0.0519. The lowest BCUT2D eigenvalue weighted by Gasteiger charge is -2.17. The number of benzene rings is 1. The topological polar surface area (TPSA) is 46.3 Å². The van der Waals surface area contributed by atoms with Gasteiger partial charge in [0.1, 0.15) is 6.04 Å². The van der Waals surface area contributed by atoms with Crippen molar-refractivity contribution in [3.8, 4) is 0 Å². The largest absolute Gasteiger partial charge is 0.316 e. The van der Waals surface area contributed by atoms with Gasteiger partial charge >= 0.3 is 0 Å². The van der Waals surface area contributed by atoms with Crippen molar-refractivity contribution in [2.24, 2.45) is 5.73 Å². The first-order valence-electron chi connectivity index (χ1n) is 7.32. The van der Waals surface area contributed by atoms with Crippen molar-refractivity contribution in [3.05, 3.63) is 29.3 Å². The molecule has 3 heteroatoms. The molecule has 19 heavy (non-hydrogen) atoms. The molecule has 2 rings (SSSR count). The van der Waals surface area contributed by atoms with Crippen LogP contribution in [0.2, 0.25) is 0 Å². The molecule has 0 aromatic heterocycles. The molecule has 1 aliphatic heterocycles. The van der Waals surface area contributed by atoms with Crippen LogP contribution in [0.15, 0.2) is 18.2 Å². The Morgan fingerprint density at radius 1 is 1.21 bits per heavy atom. The summed E-state index contributed by atoms with van der Waals surface area (Å²) in [6.07, 6.45) is 6.03. The molecule has 1 aromatic rings. The first-order chi connectivity index (χ1) is 9.15. The number of carbonyl (C=O) groups excluding carboxylic acids is 1. The van der Waals surface area contributed by atoms with Crippen molar-refractivity contribution in [1.29, 1.82) is 0 Å². The highest BCUT2D eigenvalue weighted by atomic mass is 16.2. The van der Waals surface area contributed by atoms with Gasteiger partial charge in [-0.2, -0.15) is 0 Å². The van der Waals surface area contributed by atoms with E-state index in [1.807, 2.05) is 30.0 Å². The lowest BCUT2D eigenvalue weighted by atomic mass is 10.1. The molecule has 1 aliphatic rings. The molecule has 1 amide bonds. The maximum Gasteiger partial charge on any atom is 0.248 e. The van der Waals surface area contributed by atoms with Gasteiger partial charge in [0.05, 0.1) is 0 Å². The van der Waals surface area contributed by atoms with E-state index in [0.29, 0.717) is 0 Å². The number of amides is 1. The summed E-state index contributed by atoms with van der Waals surface area (Å²) in [5.41, 5.74) is 9.17. The van der Waals surface area contributed by atoms with Crippen molar-refractivity contribution in [1.82, 2.24) is 0 Å². The van der Waals surface area contributed by atoms with E-state index in [-0.39, 0.29) is 5.91 Å².